The van der Waals surface area contributed by atoms with Crippen molar-refractivity contribution in [3.63, 3.8) is 0 Å². The van der Waals surface area contributed by atoms with E-state index in [0.717, 1.165) is 25.3 Å². The molecule has 1 N–H and O–H groups in total. The van der Waals surface area contributed by atoms with Crippen LogP contribution in [0.3, 0.4) is 0 Å². The van der Waals surface area contributed by atoms with Gasteiger partial charge in [0.25, 0.3) is 5.91 Å². The third kappa shape index (κ3) is 3.16. The Kier molecular flexibility index (Phi) is 3.98. The Balaban J connectivity index is 1.79. The third-order valence-electron chi connectivity index (χ3n) is 3.94. The van der Waals surface area contributed by atoms with E-state index in [-0.39, 0.29) is 11.7 Å². The van der Waals surface area contributed by atoms with Crippen LogP contribution in [0, 0.1) is 17.2 Å². The van der Waals surface area contributed by atoms with Crippen LogP contribution in [0.1, 0.15) is 29.3 Å². The van der Waals surface area contributed by atoms with Gasteiger partial charge in [0.2, 0.25) is 0 Å². The highest BCUT2D eigenvalue weighted by molar-refractivity contribution is 6.04. The Hall–Kier alpha value is -2.88. The molecule has 0 bridgehead atoms. The zero-order chi connectivity index (χ0) is 16.4. The fourth-order valence-electron chi connectivity index (χ4n) is 2.72. The number of nitrogens with zero attached hydrogens (tertiary/aromatic N) is 5. The maximum Gasteiger partial charge on any atom is 0.257 e. The summed E-state index contributed by atoms with van der Waals surface area (Å²) >= 11 is 0. The predicted molar refractivity (Wildman–Crippen MR) is 86.1 cm³/mol. The van der Waals surface area contributed by atoms with E-state index in [1.807, 2.05) is 6.07 Å². The van der Waals surface area contributed by atoms with Crippen molar-refractivity contribution >= 4 is 17.5 Å². The van der Waals surface area contributed by atoms with E-state index in [9.17, 15) is 4.79 Å². The number of hydrogen-bond donors (Lipinski definition) is 1. The van der Waals surface area contributed by atoms with E-state index in [2.05, 4.69) is 27.2 Å². The Bertz CT molecular complexity index is 775. The van der Waals surface area contributed by atoms with Gasteiger partial charge in [-0.2, -0.15) is 10.4 Å². The molecular formula is C16H18N6O. The number of anilines is 2. The number of nitrogens with one attached hydrogen (secondary N) is 1. The molecule has 0 aliphatic carbocycles. The van der Waals surface area contributed by atoms with E-state index < -0.39 is 0 Å². The first-order valence-electron chi connectivity index (χ1n) is 7.53. The highest BCUT2D eigenvalue weighted by Crippen LogP contribution is 2.22. The van der Waals surface area contributed by atoms with Gasteiger partial charge < -0.3 is 10.2 Å². The normalized spacial score (nSPS) is 17.1. The topological polar surface area (TPSA) is 86.8 Å². The molecule has 0 saturated carbocycles. The van der Waals surface area contributed by atoms with Crippen LogP contribution in [0.25, 0.3) is 0 Å². The number of rotatable bonds is 3. The van der Waals surface area contributed by atoms with Gasteiger partial charge in [-0.25, -0.2) is 4.98 Å². The van der Waals surface area contributed by atoms with Crippen molar-refractivity contribution in [1.29, 1.82) is 5.26 Å². The van der Waals surface area contributed by atoms with Gasteiger partial charge in [-0.05, 0) is 24.5 Å². The van der Waals surface area contributed by atoms with Crippen LogP contribution in [-0.2, 0) is 7.05 Å². The summed E-state index contributed by atoms with van der Waals surface area (Å²) in [5.74, 6) is 1.42. The maximum atomic E-state index is 12.4. The fraction of sp³-hybridized carbons (Fsp3) is 0.375. The largest absolute Gasteiger partial charge is 0.356 e. The van der Waals surface area contributed by atoms with Crippen LogP contribution < -0.4 is 10.2 Å². The number of nitriles is 1. The van der Waals surface area contributed by atoms with Crippen molar-refractivity contribution in [2.75, 3.05) is 23.3 Å². The first-order chi connectivity index (χ1) is 11.1. The van der Waals surface area contributed by atoms with Crippen LogP contribution in [0.2, 0.25) is 0 Å². The fourth-order valence-corrected chi connectivity index (χ4v) is 2.72. The summed E-state index contributed by atoms with van der Waals surface area (Å²) < 4.78 is 1.50. The lowest BCUT2D eigenvalue weighted by Gasteiger charge is -2.17. The average molecular weight is 310 g/mol. The van der Waals surface area contributed by atoms with Crippen LogP contribution in [0.4, 0.5) is 11.6 Å². The van der Waals surface area contributed by atoms with Gasteiger partial charge in [-0.3, -0.25) is 9.48 Å². The summed E-state index contributed by atoms with van der Waals surface area (Å²) in [5, 5.41) is 15.8. The molecule has 0 aromatic carbocycles. The van der Waals surface area contributed by atoms with Crippen molar-refractivity contribution in [2.45, 2.75) is 13.3 Å². The zero-order valence-corrected chi connectivity index (χ0v) is 13.2. The Morgan fingerprint density at radius 3 is 3.04 bits per heavy atom. The monoisotopic (exact) mass is 310 g/mol. The van der Waals surface area contributed by atoms with Crippen molar-refractivity contribution < 1.29 is 4.79 Å². The highest BCUT2D eigenvalue weighted by Gasteiger charge is 2.21. The Morgan fingerprint density at radius 2 is 2.35 bits per heavy atom. The summed E-state index contributed by atoms with van der Waals surface area (Å²) in [4.78, 5) is 18.9. The van der Waals surface area contributed by atoms with Crippen molar-refractivity contribution in [2.24, 2.45) is 13.0 Å². The van der Waals surface area contributed by atoms with Gasteiger partial charge >= 0.3 is 0 Å². The van der Waals surface area contributed by atoms with E-state index in [1.165, 1.54) is 4.68 Å². The maximum absolute atomic E-state index is 12.4. The third-order valence-corrected chi connectivity index (χ3v) is 3.94. The first kappa shape index (κ1) is 15.0. The number of amides is 1. The molecule has 7 nitrogen and oxygen atoms in total. The molecule has 2 aromatic rings. The first-order valence-corrected chi connectivity index (χ1v) is 7.53. The molecular weight excluding hydrogens is 292 g/mol. The molecule has 0 unspecified atom stereocenters. The summed E-state index contributed by atoms with van der Waals surface area (Å²) in [5.41, 5.74) is 0.840. The minimum Gasteiger partial charge on any atom is -0.356 e. The molecule has 7 heteroatoms. The van der Waals surface area contributed by atoms with Crippen molar-refractivity contribution in [3.8, 4) is 6.07 Å². The second kappa shape index (κ2) is 6.08. The smallest absolute Gasteiger partial charge is 0.257 e. The highest BCUT2D eigenvalue weighted by atomic mass is 16.1. The Labute approximate surface area is 134 Å². The number of aryl methyl sites for hydroxylation is 1. The van der Waals surface area contributed by atoms with Gasteiger partial charge in [-0.15, -0.1) is 0 Å². The number of hydrogen-bond acceptors (Lipinski definition) is 5. The van der Waals surface area contributed by atoms with E-state index >= 15 is 0 Å². The predicted octanol–water partition coefficient (Wildman–Crippen LogP) is 1.79. The Morgan fingerprint density at radius 1 is 1.52 bits per heavy atom. The molecule has 23 heavy (non-hydrogen) atoms. The standard InChI is InChI=1S/C16H18N6O/c1-11-4-6-22(9-11)14-7-12(3-5-18-14)16(23)19-15-13(8-17)10-21(2)20-15/h3,5,7,10-11H,4,6,9H2,1-2H3,(H,19,20,23)/t11-/m0/s1. The lowest BCUT2D eigenvalue weighted by molar-refractivity contribution is 0.102. The van der Waals surface area contributed by atoms with Crippen molar-refractivity contribution in [3.05, 3.63) is 35.7 Å². The molecule has 3 rings (SSSR count). The van der Waals surface area contributed by atoms with E-state index in [0.29, 0.717) is 17.0 Å². The summed E-state index contributed by atoms with van der Waals surface area (Å²) in [7, 11) is 1.70. The zero-order valence-electron chi connectivity index (χ0n) is 13.2. The SMILES string of the molecule is C[C@H]1CCN(c2cc(C(=O)Nc3nn(C)cc3C#N)ccn2)C1. The van der Waals surface area contributed by atoms with E-state index in [1.54, 1.807) is 31.6 Å². The summed E-state index contributed by atoms with van der Waals surface area (Å²) in [6.07, 6.45) is 4.34. The van der Waals surface area contributed by atoms with E-state index in [4.69, 9.17) is 5.26 Å². The molecule has 118 valence electrons. The minimum absolute atomic E-state index is 0.271. The molecule has 1 saturated heterocycles. The van der Waals surface area contributed by atoms with Gasteiger partial charge in [0.05, 0.1) is 0 Å². The molecule has 3 heterocycles. The average Bonchev–Trinajstić information content (AvgIpc) is 3.13. The van der Waals surface area contributed by atoms with Crippen LogP contribution in [0.15, 0.2) is 24.5 Å². The second-order valence-corrected chi connectivity index (χ2v) is 5.87. The molecule has 0 spiro atoms. The number of carbonyl (C=O) groups is 1. The minimum atomic E-state index is -0.295. The van der Waals surface area contributed by atoms with Crippen LogP contribution in [-0.4, -0.2) is 33.8 Å². The van der Waals surface area contributed by atoms with Crippen LogP contribution in [0.5, 0.6) is 0 Å². The molecule has 1 fully saturated rings. The van der Waals surface area contributed by atoms with Gasteiger partial charge in [-0.1, -0.05) is 6.92 Å². The number of aromatic nitrogens is 3. The second-order valence-electron chi connectivity index (χ2n) is 5.87. The molecule has 0 radical (unpaired) electrons. The van der Waals surface area contributed by atoms with Gasteiger partial charge in [0.15, 0.2) is 5.82 Å². The lowest BCUT2D eigenvalue weighted by atomic mass is 10.2. The molecule has 1 aliphatic rings. The quantitative estimate of drug-likeness (QED) is 0.934. The van der Waals surface area contributed by atoms with Crippen LogP contribution >= 0.6 is 0 Å². The van der Waals surface area contributed by atoms with Gasteiger partial charge in [0.1, 0.15) is 17.5 Å². The molecule has 1 aliphatic heterocycles. The number of carbonyl (C=O) groups excluding carboxylic acids is 1. The van der Waals surface area contributed by atoms with Gasteiger partial charge in [0, 0.05) is 38.1 Å². The lowest BCUT2D eigenvalue weighted by Crippen LogP contribution is -2.21. The molecule has 1 amide bonds. The summed E-state index contributed by atoms with van der Waals surface area (Å²) in [6.45, 7) is 4.12. The molecule has 2 aromatic heterocycles. The summed E-state index contributed by atoms with van der Waals surface area (Å²) in [6, 6.07) is 5.46. The molecule has 1 atom stereocenters. The van der Waals surface area contributed by atoms with Crippen molar-refractivity contribution in [1.82, 2.24) is 14.8 Å². The number of pyridine rings is 1.